The molecule has 20 heavy (non-hydrogen) atoms. The SMILES string of the molecule is CCOc1ccccc1C(N)CS(=O)(=O)CCCOC. The van der Waals surface area contributed by atoms with Crippen LogP contribution in [0.1, 0.15) is 24.9 Å². The Bertz CT molecular complexity index is 502. The first kappa shape index (κ1) is 16.9. The molecule has 2 N–H and O–H groups in total. The fraction of sp³-hybridized carbons (Fsp3) is 0.571. The highest BCUT2D eigenvalue weighted by molar-refractivity contribution is 7.91. The third-order valence-electron chi connectivity index (χ3n) is 2.86. The highest BCUT2D eigenvalue weighted by Crippen LogP contribution is 2.24. The Morgan fingerprint density at radius 2 is 2.00 bits per heavy atom. The van der Waals surface area contributed by atoms with Crippen LogP contribution in [0.2, 0.25) is 0 Å². The molecule has 1 aromatic carbocycles. The first-order valence-corrected chi connectivity index (χ1v) is 8.49. The second-order valence-electron chi connectivity index (χ2n) is 4.54. The Hall–Kier alpha value is -1.11. The molecule has 6 heteroatoms. The summed E-state index contributed by atoms with van der Waals surface area (Å²) in [6, 6.07) is 6.70. The van der Waals surface area contributed by atoms with Crippen molar-refractivity contribution < 1.29 is 17.9 Å². The summed E-state index contributed by atoms with van der Waals surface area (Å²) in [6.45, 7) is 2.83. The van der Waals surface area contributed by atoms with Gasteiger partial charge in [-0.15, -0.1) is 0 Å². The predicted octanol–water partition coefficient (Wildman–Crippen LogP) is 1.54. The van der Waals surface area contributed by atoms with E-state index in [1.54, 1.807) is 19.2 Å². The summed E-state index contributed by atoms with van der Waals surface area (Å²) in [5, 5.41) is 0. The van der Waals surface area contributed by atoms with Gasteiger partial charge in [-0.3, -0.25) is 0 Å². The Kier molecular flexibility index (Phi) is 6.98. The Morgan fingerprint density at radius 1 is 1.30 bits per heavy atom. The van der Waals surface area contributed by atoms with Crippen molar-refractivity contribution in [2.45, 2.75) is 19.4 Å². The topological polar surface area (TPSA) is 78.6 Å². The molecule has 1 rings (SSSR count). The summed E-state index contributed by atoms with van der Waals surface area (Å²) < 4.78 is 34.3. The average Bonchev–Trinajstić information content (AvgIpc) is 2.39. The molecule has 0 saturated heterocycles. The molecule has 0 aliphatic carbocycles. The number of benzene rings is 1. The lowest BCUT2D eigenvalue weighted by atomic mass is 10.1. The molecule has 1 unspecified atom stereocenters. The zero-order chi connectivity index (χ0) is 15.0. The molecule has 0 fully saturated rings. The van der Waals surface area contributed by atoms with Crippen molar-refractivity contribution >= 4 is 9.84 Å². The highest BCUT2D eigenvalue weighted by Gasteiger charge is 2.20. The summed E-state index contributed by atoms with van der Waals surface area (Å²) >= 11 is 0. The van der Waals surface area contributed by atoms with Crippen LogP contribution in [0, 0.1) is 0 Å². The van der Waals surface area contributed by atoms with Crippen molar-refractivity contribution in [3.05, 3.63) is 29.8 Å². The molecular weight excluding hydrogens is 278 g/mol. The van der Waals surface area contributed by atoms with Gasteiger partial charge in [0.1, 0.15) is 5.75 Å². The molecule has 0 spiro atoms. The lowest BCUT2D eigenvalue weighted by Gasteiger charge is -2.16. The van der Waals surface area contributed by atoms with Gasteiger partial charge in [-0.25, -0.2) is 8.42 Å². The van der Waals surface area contributed by atoms with Crippen molar-refractivity contribution in [3.8, 4) is 5.75 Å². The number of nitrogens with two attached hydrogens (primary N) is 1. The number of hydrogen-bond acceptors (Lipinski definition) is 5. The van der Waals surface area contributed by atoms with E-state index < -0.39 is 15.9 Å². The van der Waals surface area contributed by atoms with Crippen LogP contribution in [0.25, 0.3) is 0 Å². The smallest absolute Gasteiger partial charge is 0.152 e. The first-order chi connectivity index (χ1) is 9.50. The monoisotopic (exact) mass is 301 g/mol. The Balaban J connectivity index is 2.73. The van der Waals surface area contributed by atoms with Gasteiger partial charge >= 0.3 is 0 Å². The minimum absolute atomic E-state index is 0.0825. The second-order valence-corrected chi connectivity index (χ2v) is 6.77. The van der Waals surface area contributed by atoms with Gasteiger partial charge in [-0.05, 0) is 19.4 Å². The molecule has 0 bridgehead atoms. The normalized spacial score (nSPS) is 13.2. The molecule has 5 nitrogen and oxygen atoms in total. The molecular formula is C14H23NO4S. The van der Waals surface area contributed by atoms with Gasteiger partial charge in [-0.2, -0.15) is 0 Å². The van der Waals surface area contributed by atoms with Crippen LogP contribution >= 0.6 is 0 Å². The summed E-state index contributed by atoms with van der Waals surface area (Å²) in [7, 11) is -1.64. The van der Waals surface area contributed by atoms with Crippen molar-refractivity contribution in [1.29, 1.82) is 0 Å². The Morgan fingerprint density at radius 3 is 2.65 bits per heavy atom. The number of rotatable bonds is 9. The van der Waals surface area contributed by atoms with E-state index >= 15 is 0 Å². The van der Waals surface area contributed by atoms with Gasteiger partial charge in [0.2, 0.25) is 0 Å². The predicted molar refractivity (Wildman–Crippen MR) is 79.7 cm³/mol. The Labute approximate surface area is 121 Å². The fourth-order valence-electron chi connectivity index (χ4n) is 1.94. The van der Waals surface area contributed by atoms with E-state index in [9.17, 15) is 8.42 Å². The van der Waals surface area contributed by atoms with Gasteiger partial charge in [0, 0.05) is 25.3 Å². The van der Waals surface area contributed by atoms with Crippen molar-refractivity contribution in [1.82, 2.24) is 0 Å². The number of sulfone groups is 1. The molecule has 0 aliphatic rings. The van der Waals surface area contributed by atoms with E-state index in [0.29, 0.717) is 25.4 Å². The summed E-state index contributed by atoms with van der Waals surface area (Å²) in [6.07, 6.45) is 0.485. The van der Waals surface area contributed by atoms with Crippen LogP contribution in [0.3, 0.4) is 0 Å². The summed E-state index contributed by atoms with van der Waals surface area (Å²) in [5.41, 5.74) is 6.75. The molecule has 0 aliphatic heterocycles. The van der Waals surface area contributed by atoms with Crippen LogP contribution in [0.4, 0.5) is 0 Å². The summed E-state index contributed by atoms with van der Waals surface area (Å²) in [4.78, 5) is 0. The van der Waals surface area contributed by atoms with Gasteiger partial charge in [0.15, 0.2) is 9.84 Å². The van der Waals surface area contributed by atoms with E-state index in [2.05, 4.69) is 0 Å². The molecule has 1 atom stereocenters. The molecule has 0 saturated carbocycles. The fourth-order valence-corrected chi connectivity index (χ4v) is 3.39. The van der Waals surface area contributed by atoms with Crippen LogP contribution in [-0.4, -0.2) is 40.2 Å². The van der Waals surface area contributed by atoms with Crippen molar-refractivity contribution in [3.63, 3.8) is 0 Å². The summed E-state index contributed by atoms with van der Waals surface area (Å²) in [5.74, 6) is 0.654. The second kappa shape index (κ2) is 8.24. The molecule has 0 aromatic heterocycles. The molecule has 0 heterocycles. The maximum atomic E-state index is 12.0. The van der Waals surface area contributed by atoms with Gasteiger partial charge in [0.25, 0.3) is 0 Å². The lowest BCUT2D eigenvalue weighted by molar-refractivity contribution is 0.199. The van der Waals surface area contributed by atoms with Gasteiger partial charge in [0.05, 0.1) is 18.1 Å². The third-order valence-corrected chi connectivity index (χ3v) is 4.63. The third kappa shape index (κ3) is 5.48. The quantitative estimate of drug-likeness (QED) is 0.700. The van der Waals surface area contributed by atoms with E-state index in [-0.39, 0.29) is 11.5 Å². The van der Waals surface area contributed by atoms with E-state index in [0.717, 1.165) is 5.56 Å². The first-order valence-electron chi connectivity index (χ1n) is 6.67. The zero-order valence-electron chi connectivity index (χ0n) is 12.0. The number of methoxy groups -OCH3 is 1. The largest absolute Gasteiger partial charge is 0.494 e. The van der Waals surface area contributed by atoms with E-state index in [4.69, 9.17) is 15.2 Å². The highest BCUT2D eigenvalue weighted by atomic mass is 32.2. The minimum atomic E-state index is -3.19. The molecule has 0 radical (unpaired) electrons. The average molecular weight is 301 g/mol. The van der Waals surface area contributed by atoms with Gasteiger partial charge in [-0.1, -0.05) is 18.2 Å². The van der Waals surface area contributed by atoms with Crippen LogP contribution in [-0.2, 0) is 14.6 Å². The van der Waals surface area contributed by atoms with Gasteiger partial charge < -0.3 is 15.2 Å². The minimum Gasteiger partial charge on any atom is -0.494 e. The maximum absolute atomic E-state index is 12.0. The van der Waals surface area contributed by atoms with Crippen molar-refractivity contribution in [2.75, 3.05) is 31.8 Å². The maximum Gasteiger partial charge on any atom is 0.152 e. The van der Waals surface area contributed by atoms with E-state index in [1.807, 2.05) is 19.1 Å². The van der Waals surface area contributed by atoms with Crippen LogP contribution in [0.5, 0.6) is 5.75 Å². The lowest BCUT2D eigenvalue weighted by Crippen LogP contribution is -2.24. The number of hydrogen-bond donors (Lipinski definition) is 1. The van der Waals surface area contributed by atoms with Crippen molar-refractivity contribution in [2.24, 2.45) is 5.73 Å². The van der Waals surface area contributed by atoms with E-state index in [1.165, 1.54) is 0 Å². The van der Waals surface area contributed by atoms with Crippen LogP contribution < -0.4 is 10.5 Å². The zero-order valence-corrected chi connectivity index (χ0v) is 12.9. The molecule has 0 amide bonds. The molecule has 1 aromatic rings. The van der Waals surface area contributed by atoms with Crippen LogP contribution in [0.15, 0.2) is 24.3 Å². The number of para-hydroxylation sites is 1. The molecule has 114 valence electrons. The number of ether oxygens (including phenoxy) is 2. The standard InChI is InChI=1S/C14H23NO4S/c1-3-19-14-8-5-4-7-12(14)13(15)11-20(16,17)10-6-9-18-2/h4-5,7-8,13H,3,6,9-11,15H2,1-2H3.